The summed E-state index contributed by atoms with van der Waals surface area (Å²) in [5.41, 5.74) is 3.56. The maximum absolute atomic E-state index is 13.6. The van der Waals surface area contributed by atoms with Gasteiger partial charge in [0.2, 0.25) is 5.91 Å². The number of nitrogens with zero attached hydrogens (tertiary/aromatic N) is 1. The Balaban J connectivity index is 1.09. The Kier molecular flexibility index (Phi) is 12.0. The fourth-order valence-corrected chi connectivity index (χ4v) is 6.77. The molecule has 0 saturated carbocycles. The minimum Gasteiger partial charge on any atom is -0.494 e. The first-order valence-electron chi connectivity index (χ1n) is 16.6. The van der Waals surface area contributed by atoms with Gasteiger partial charge < -0.3 is 25.4 Å². The number of amides is 3. The molecule has 1 heterocycles. The highest BCUT2D eigenvalue weighted by molar-refractivity contribution is 8.00. The number of thioether (sulfide) groups is 1. The summed E-state index contributed by atoms with van der Waals surface area (Å²) >= 11 is 2.78. The second-order valence-corrected chi connectivity index (χ2v) is 14.0. The molecule has 0 aliphatic rings. The van der Waals surface area contributed by atoms with Gasteiger partial charge in [0.25, 0.3) is 11.8 Å². The topological polar surface area (TPSA) is 119 Å². The van der Waals surface area contributed by atoms with Crippen molar-refractivity contribution in [3.8, 4) is 11.5 Å². The number of hydrogen-bond acceptors (Lipinski definition) is 8. The summed E-state index contributed by atoms with van der Waals surface area (Å²) in [6, 6.07) is 38.7. The van der Waals surface area contributed by atoms with Crippen LogP contribution >= 0.6 is 23.1 Å². The van der Waals surface area contributed by atoms with Gasteiger partial charge in [-0.3, -0.25) is 14.4 Å². The van der Waals surface area contributed by atoms with Gasteiger partial charge >= 0.3 is 0 Å². The molecule has 52 heavy (non-hydrogen) atoms. The highest BCUT2D eigenvalue weighted by Gasteiger charge is 2.18. The average molecular weight is 729 g/mol. The molecule has 0 radical (unpaired) electrons. The zero-order valence-electron chi connectivity index (χ0n) is 28.5. The first kappa shape index (κ1) is 35.9. The van der Waals surface area contributed by atoms with E-state index in [4.69, 9.17) is 9.47 Å². The van der Waals surface area contributed by atoms with Crippen molar-refractivity contribution in [1.29, 1.82) is 0 Å². The predicted octanol–water partition coefficient (Wildman–Crippen LogP) is 8.80. The Morgan fingerprint density at radius 3 is 2.21 bits per heavy atom. The summed E-state index contributed by atoms with van der Waals surface area (Å²) in [4.78, 5) is 45.0. The molecule has 9 nitrogen and oxygen atoms in total. The van der Waals surface area contributed by atoms with Crippen molar-refractivity contribution in [2.45, 2.75) is 30.6 Å². The summed E-state index contributed by atoms with van der Waals surface area (Å²) in [7, 11) is 0. The third kappa shape index (κ3) is 9.87. The van der Waals surface area contributed by atoms with E-state index < -0.39 is 17.1 Å². The van der Waals surface area contributed by atoms with Crippen molar-refractivity contribution in [3.63, 3.8) is 0 Å². The molecule has 0 aliphatic heterocycles. The number of ether oxygens (including phenoxy) is 2. The van der Waals surface area contributed by atoms with Crippen LogP contribution in [0.25, 0.3) is 16.3 Å². The van der Waals surface area contributed by atoms with Gasteiger partial charge in [0.15, 0.2) is 5.13 Å². The van der Waals surface area contributed by atoms with Gasteiger partial charge in [-0.1, -0.05) is 72.0 Å². The zero-order valence-corrected chi connectivity index (χ0v) is 30.1. The number of rotatable bonds is 14. The van der Waals surface area contributed by atoms with Crippen LogP contribution in [0.5, 0.6) is 11.5 Å². The molecule has 11 heteroatoms. The predicted molar refractivity (Wildman–Crippen MR) is 209 cm³/mol. The van der Waals surface area contributed by atoms with Gasteiger partial charge in [0.1, 0.15) is 23.8 Å². The van der Waals surface area contributed by atoms with E-state index >= 15 is 0 Å². The first-order chi connectivity index (χ1) is 25.3. The molecule has 6 aromatic rings. The standard InChI is InChI=1S/C41H36N4O5S2/c1-3-49-33-20-23-35-37(25-33)52-41(44-35)45-38(46)27(2)51-34-21-16-31(17-22-34)42-40(48)36(43-39(47)30-12-8-5-9-13-30)24-28-14-18-32(19-15-28)50-26-29-10-6-4-7-11-29/h4-25,27H,3,26H2,1-2H3,(H,42,48)(H,43,47)(H,44,45,46)/b36-24-. The van der Waals surface area contributed by atoms with Crippen LogP contribution in [-0.4, -0.2) is 34.6 Å². The van der Waals surface area contributed by atoms with E-state index in [1.54, 1.807) is 42.5 Å². The van der Waals surface area contributed by atoms with E-state index in [1.165, 1.54) is 23.1 Å². The Labute approximate surface area is 310 Å². The molecular weight excluding hydrogens is 693 g/mol. The molecule has 3 amide bonds. The molecule has 0 spiro atoms. The number of fused-ring (bicyclic) bond motifs is 1. The van der Waals surface area contributed by atoms with Crippen LogP contribution in [0.4, 0.5) is 10.8 Å². The minimum atomic E-state index is -0.494. The van der Waals surface area contributed by atoms with E-state index in [1.807, 2.05) is 105 Å². The monoisotopic (exact) mass is 728 g/mol. The SMILES string of the molecule is CCOc1ccc2nc(NC(=O)C(C)Sc3ccc(NC(=O)/C(=C/c4ccc(OCc5ccccc5)cc4)NC(=O)c4ccccc4)cc3)sc2c1. The van der Waals surface area contributed by atoms with E-state index in [-0.39, 0.29) is 11.6 Å². The lowest BCUT2D eigenvalue weighted by Crippen LogP contribution is -2.30. The lowest BCUT2D eigenvalue weighted by molar-refractivity contribution is -0.115. The number of nitrogens with one attached hydrogen (secondary N) is 3. The average Bonchev–Trinajstić information content (AvgIpc) is 3.57. The highest BCUT2D eigenvalue weighted by Crippen LogP contribution is 2.31. The maximum Gasteiger partial charge on any atom is 0.272 e. The van der Waals surface area contributed by atoms with Gasteiger partial charge in [-0.05, 0) is 97.8 Å². The number of carbonyl (C=O) groups is 3. The summed E-state index contributed by atoms with van der Waals surface area (Å²) in [5.74, 6) is 0.361. The molecule has 262 valence electrons. The van der Waals surface area contributed by atoms with Crippen LogP contribution in [-0.2, 0) is 16.2 Å². The van der Waals surface area contributed by atoms with Crippen molar-refractivity contribution < 1.29 is 23.9 Å². The van der Waals surface area contributed by atoms with Crippen LogP contribution in [0, 0.1) is 0 Å². The highest BCUT2D eigenvalue weighted by atomic mass is 32.2. The molecule has 3 N–H and O–H groups in total. The Morgan fingerprint density at radius 1 is 0.808 bits per heavy atom. The number of hydrogen-bond donors (Lipinski definition) is 3. The normalized spacial score (nSPS) is 11.8. The second-order valence-electron chi connectivity index (χ2n) is 11.5. The molecule has 5 aromatic carbocycles. The lowest BCUT2D eigenvalue weighted by atomic mass is 10.1. The van der Waals surface area contributed by atoms with Crippen molar-refractivity contribution in [2.24, 2.45) is 0 Å². The van der Waals surface area contributed by atoms with Gasteiger partial charge in [-0.15, -0.1) is 11.8 Å². The molecular formula is C41H36N4O5S2. The molecule has 0 fully saturated rings. The third-order valence-electron chi connectivity index (χ3n) is 7.66. The fourth-order valence-electron chi connectivity index (χ4n) is 5.01. The smallest absolute Gasteiger partial charge is 0.272 e. The quantitative estimate of drug-likeness (QED) is 0.0758. The molecule has 0 aliphatic carbocycles. The van der Waals surface area contributed by atoms with Crippen molar-refractivity contribution in [1.82, 2.24) is 10.3 Å². The van der Waals surface area contributed by atoms with Crippen LogP contribution in [0.2, 0.25) is 0 Å². The molecule has 1 aromatic heterocycles. The van der Waals surface area contributed by atoms with Crippen LogP contribution in [0.1, 0.15) is 35.3 Å². The van der Waals surface area contributed by atoms with Gasteiger partial charge in [0.05, 0.1) is 22.1 Å². The summed E-state index contributed by atoms with van der Waals surface area (Å²) in [5, 5.41) is 8.68. The van der Waals surface area contributed by atoms with Gasteiger partial charge in [-0.2, -0.15) is 0 Å². The number of benzene rings is 5. The second kappa shape index (κ2) is 17.3. The van der Waals surface area contributed by atoms with Crippen LogP contribution in [0.15, 0.2) is 138 Å². The van der Waals surface area contributed by atoms with Crippen LogP contribution in [0.3, 0.4) is 0 Å². The fraction of sp³-hybridized carbons (Fsp3) is 0.122. The number of carbonyl (C=O) groups excluding carboxylic acids is 3. The summed E-state index contributed by atoms with van der Waals surface area (Å²) in [6.07, 6.45) is 1.62. The van der Waals surface area contributed by atoms with Crippen molar-refractivity contribution in [2.75, 3.05) is 17.2 Å². The minimum absolute atomic E-state index is 0.0690. The third-order valence-corrected chi connectivity index (χ3v) is 9.71. The molecule has 6 rings (SSSR count). The number of anilines is 2. The number of aromatic nitrogens is 1. The Morgan fingerprint density at radius 2 is 1.50 bits per heavy atom. The van der Waals surface area contributed by atoms with E-state index in [9.17, 15) is 14.4 Å². The Bertz CT molecular complexity index is 2170. The largest absolute Gasteiger partial charge is 0.494 e. The van der Waals surface area contributed by atoms with E-state index in [0.29, 0.717) is 40.9 Å². The van der Waals surface area contributed by atoms with Crippen LogP contribution < -0.4 is 25.4 Å². The summed E-state index contributed by atoms with van der Waals surface area (Å²) in [6.45, 7) is 4.76. The molecule has 0 bridgehead atoms. The summed E-state index contributed by atoms with van der Waals surface area (Å²) < 4.78 is 12.4. The first-order valence-corrected chi connectivity index (χ1v) is 18.3. The van der Waals surface area contributed by atoms with E-state index in [2.05, 4.69) is 20.9 Å². The molecule has 1 atom stereocenters. The van der Waals surface area contributed by atoms with Gasteiger partial charge in [-0.25, -0.2) is 4.98 Å². The molecule has 0 saturated heterocycles. The van der Waals surface area contributed by atoms with Crippen molar-refractivity contribution in [3.05, 3.63) is 150 Å². The maximum atomic E-state index is 13.6. The van der Waals surface area contributed by atoms with Crippen molar-refractivity contribution >= 4 is 67.9 Å². The number of thiazole rings is 1. The zero-order chi connectivity index (χ0) is 36.3. The van der Waals surface area contributed by atoms with E-state index in [0.717, 1.165) is 26.4 Å². The lowest BCUT2D eigenvalue weighted by Gasteiger charge is -2.13. The van der Waals surface area contributed by atoms with Gasteiger partial charge in [0, 0.05) is 16.1 Å². The Hall–Kier alpha value is -5.91. The molecule has 1 unspecified atom stereocenters.